The van der Waals surface area contributed by atoms with Crippen molar-refractivity contribution < 1.29 is 14.1 Å². The molecule has 2 aromatic rings. The van der Waals surface area contributed by atoms with Crippen molar-refractivity contribution in [3.8, 4) is 0 Å². The van der Waals surface area contributed by atoms with E-state index < -0.39 is 0 Å². The largest absolute Gasteiger partial charge is 0.361 e. The van der Waals surface area contributed by atoms with Crippen LogP contribution in [0.5, 0.6) is 0 Å². The SMILES string of the molecule is Cc1noc(C)c1C(=O)c1ccc(C=O)[nH]1. The highest BCUT2D eigenvalue weighted by Gasteiger charge is 2.20. The maximum Gasteiger partial charge on any atom is 0.214 e. The fourth-order valence-corrected chi connectivity index (χ4v) is 1.55. The summed E-state index contributed by atoms with van der Waals surface area (Å²) >= 11 is 0. The van der Waals surface area contributed by atoms with E-state index in [1.807, 2.05) is 0 Å². The van der Waals surface area contributed by atoms with Crippen LogP contribution in [0.15, 0.2) is 16.7 Å². The second-order valence-corrected chi connectivity index (χ2v) is 3.47. The van der Waals surface area contributed by atoms with Crippen LogP contribution in [0.4, 0.5) is 0 Å². The first-order valence-electron chi connectivity index (χ1n) is 4.75. The topological polar surface area (TPSA) is 76.0 Å². The summed E-state index contributed by atoms with van der Waals surface area (Å²) < 4.78 is 4.92. The van der Waals surface area contributed by atoms with Gasteiger partial charge in [-0.15, -0.1) is 0 Å². The monoisotopic (exact) mass is 218 g/mol. The fourth-order valence-electron chi connectivity index (χ4n) is 1.55. The van der Waals surface area contributed by atoms with Gasteiger partial charge < -0.3 is 9.51 Å². The second kappa shape index (κ2) is 3.77. The van der Waals surface area contributed by atoms with Crippen LogP contribution in [-0.4, -0.2) is 22.2 Å². The summed E-state index contributed by atoms with van der Waals surface area (Å²) in [5, 5.41) is 3.71. The molecule has 2 aromatic heterocycles. The van der Waals surface area contributed by atoms with Gasteiger partial charge in [0.1, 0.15) is 5.76 Å². The molecule has 0 spiro atoms. The Morgan fingerprint density at radius 1 is 1.44 bits per heavy atom. The van der Waals surface area contributed by atoms with E-state index in [1.165, 1.54) is 0 Å². The molecule has 0 fully saturated rings. The summed E-state index contributed by atoms with van der Waals surface area (Å²) in [6, 6.07) is 3.12. The van der Waals surface area contributed by atoms with Gasteiger partial charge in [-0.2, -0.15) is 0 Å². The summed E-state index contributed by atoms with van der Waals surface area (Å²) in [7, 11) is 0. The third-order valence-electron chi connectivity index (χ3n) is 2.34. The van der Waals surface area contributed by atoms with Crippen molar-refractivity contribution in [3.63, 3.8) is 0 Å². The van der Waals surface area contributed by atoms with E-state index in [9.17, 15) is 9.59 Å². The molecular formula is C11H10N2O3. The summed E-state index contributed by atoms with van der Waals surface area (Å²) in [5.74, 6) is 0.258. The smallest absolute Gasteiger partial charge is 0.214 e. The molecule has 0 aliphatic heterocycles. The van der Waals surface area contributed by atoms with E-state index in [-0.39, 0.29) is 5.78 Å². The number of rotatable bonds is 3. The zero-order chi connectivity index (χ0) is 11.7. The lowest BCUT2D eigenvalue weighted by atomic mass is 10.1. The van der Waals surface area contributed by atoms with Gasteiger partial charge in [-0.3, -0.25) is 9.59 Å². The number of aromatic amines is 1. The number of ketones is 1. The van der Waals surface area contributed by atoms with Gasteiger partial charge in [0, 0.05) is 0 Å². The summed E-state index contributed by atoms with van der Waals surface area (Å²) in [6.07, 6.45) is 0.657. The van der Waals surface area contributed by atoms with Gasteiger partial charge in [-0.25, -0.2) is 0 Å². The Morgan fingerprint density at radius 3 is 2.69 bits per heavy atom. The molecule has 5 nitrogen and oxygen atoms in total. The number of aldehydes is 1. The minimum absolute atomic E-state index is 0.218. The van der Waals surface area contributed by atoms with E-state index >= 15 is 0 Å². The summed E-state index contributed by atoms with van der Waals surface area (Å²) in [5.41, 5.74) is 1.72. The van der Waals surface area contributed by atoms with Gasteiger partial charge in [0.25, 0.3) is 0 Å². The first kappa shape index (κ1) is 10.4. The minimum atomic E-state index is -0.218. The Kier molecular flexibility index (Phi) is 2.44. The van der Waals surface area contributed by atoms with Gasteiger partial charge in [0.2, 0.25) is 5.78 Å². The number of nitrogens with zero attached hydrogens (tertiary/aromatic N) is 1. The number of H-pyrrole nitrogens is 1. The first-order chi connectivity index (χ1) is 7.63. The molecule has 82 valence electrons. The van der Waals surface area contributed by atoms with Gasteiger partial charge >= 0.3 is 0 Å². The fraction of sp³-hybridized carbons (Fsp3) is 0.182. The van der Waals surface area contributed by atoms with Crippen LogP contribution in [-0.2, 0) is 0 Å². The van der Waals surface area contributed by atoms with Crippen LogP contribution in [0, 0.1) is 13.8 Å². The van der Waals surface area contributed by atoms with E-state index in [1.54, 1.807) is 26.0 Å². The number of carbonyl (C=O) groups is 2. The minimum Gasteiger partial charge on any atom is -0.361 e. The molecule has 1 N–H and O–H groups in total. The van der Waals surface area contributed by atoms with Crippen LogP contribution in [0.1, 0.15) is 38.0 Å². The highest BCUT2D eigenvalue weighted by atomic mass is 16.5. The molecule has 0 bridgehead atoms. The zero-order valence-corrected chi connectivity index (χ0v) is 8.90. The number of nitrogens with one attached hydrogen (secondary N) is 1. The van der Waals surface area contributed by atoms with Crippen LogP contribution in [0.3, 0.4) is 0 Å². The van der Waals surface area contributed by atoms with Gasteiger partial charge in [-0.1, -0.05) is 5.16 Å². The molecule has 0 unspecified atom stereocenters. The van der Waals surface area contributed by atoms with E-state index in [0.717, 1.165) is 0 Å². The Balaban J connectivity index is 2.42. The number of aromatic nitrogens is 2. The molecule has 16 heavy (non-hydrogen) atoms. The Morgan fingerprint density at radius 2 is 2.19 bits per heavy atom. The summed E-state index contributed by atoms with van der Waals surface area (Å²) in [4.78, 5) is 25.2. The predicted octanol–water partition coefficient (Wildman–Crippen LogP) is 1.66. The molecule has 0 amide bonds. The lowest BCUT2D eigenvalue weighted by molar-refractivity contribution is 0.103. The molecule has 0 aliphatic rings. The van der Waals surface area contributed by atoms with Crippen molar-refractivity contribution in [2.24, 2.45) is 0 Å². The van der Waals surface area contributed by atoms with E-state index in [2.05, 4.69) is 10.1 Å². The third-order valence-corrected chi connectivity index (χ3v) is 2.34. The van der Waals surface area contributed by atoms with Crippen molar-refractivity contribution in [1.82, 2.24) is 10.1 Å². The quantitative estimate of drug-likeness (QED) is 0.628. The highest BCUT2D eigenvalue weighted by Crippen LogP contribution is 2.16. The molecular weight excluding hydrogens is 208 g/mol. The predicted molar refractivity (Wildman–Crippen MR) is 55.6 cm³/mol. The van der Waals surface area contributed by atoms with Crippen molar-refractivity contribution >= 4 is 12.1 Å². The van der Waals surface area contributed by atoms with Crippen molar-refractivity contribution in [2.45, 2.75) is 13.8 Å². The van der Waals surface area contributed by atoms with Crippen LogP contribution in [0.2, 0.25) is 0 Å². The standard InChI is InChI=1S/C11H10N2O3/c1-6-10(7(2)16-13-6)11(15)9-4-3-8(5-14)12-9/h3-5,12H,1-2H3. The lowest BCUT2D eigenvalue weighted by Gasteiger charge is -1.96. The molecule has 2 rings (SSSR count). The molecule has 0 atom stereocenters. The third kappa shape index (κ3) is 1.56. The van der Waals surface area contributed by atoms with Crippen molar-refractivity contribution in [3.05, 3.63) is 40.5 Å². The van der Waals surface area contributed by atoms with Crippen LogP contribution < -0.4 is 0 Å². The molecule has 0 saturated carbocycles. The molecule has 0 saturated heterocycles. The molecule has 0 aliphatic carbocycles. The first-order valence-corrected chi connectivity index (χ1v) is 4.75. The average molecular weight is 218 g/mol. The number of hydrogen-bond donors (Lipinski definition) is 1. The van der Waals surface area contributed by atoms with Crippen molar-refractivity contribution in [1.29, 1.82) is 0 Å². The van der Waals surface area contributed by atoms with Crippen LogP contribution in [0.25, 0.3) is 0 Å². The van der Waals surface area contributed by atoms with Gasteiger partial charge in [0.05, 0.1) is 22.6 Å². The lowest BCUT2D eigenvalue weighted by Crippen LogP contribution is -2.04. The number of aryl methyl sites for hydroxylation is 2. The molecule has 0 aromatic carbocycles. The maximum atomic E-state index is 12.0. The average Bonchev–Trinajstić information content (AvgIpc) is 2.85. The summed E-state index contributed by atoms with van der Waals surface area (Å²) in [6.45, 7) is 3.38. The number of hydrogen-bond acceptors (Lipinski definition) is 4. The van der Waals surface area contributed by atoms with E-state index in [0.29, 0.717) is 34.7 Å². The number of carbonyl (C=O) groups excluding carboxylic acids is 2. The van der Waals surface area contributed by atoms with Gasteiger partial charge in [0.15, 0.2) is 6.29 Å². The zero-order valence-electron chi connectivity index (χ0n) is 8.90. The Bertz CT molecular complexity index is 532. The Labute approximate surface area is 91.4 Å². The van der Waals surface area contributed by atoms with Crippen molar-refractivity contribution in [2.75, 3.05) is 0 Å². The molecule has 5 heteroatoms. The normalized spacial score (nSPS) is 10.4. The molecule has 2 heterocycles. The Hall–Kier alpha value is -2.17. The second-order valence-electron chi connectivity index (χ2n) is 3.47. The maximum absolute atomic E-state index is 12.0. The van der Waals surface area contributed by atoms with Crippen LogP contribution >= 0.6 is 0 Å². The highest BCUT2D eigenvalue weighted by molar-refractivity contribution is 6.09. The van der Waals surface area contributed by atoms with E-state index in [4.69, 9.17) is 4.52 Å². The molecule has 0 radical (unpaired) electrons. The van der Waals surface area contributed by atoms with Gasteiger partial charge in [-0.05, 0) is 26.0 Å².